The molecule has 13 heteroatoms. The van der Waals surface area contributed by atoms with Gasteiger partial charge in [-0.15, -0.1) is 11.8 Å². The minimum Gasteiger partial charge on any atom is -0.496 e. The van der Waals surface area contributed by atoms with Gasteiger partial charge in [0, 0.05) is 28.0 Å². The van der Waals surface area contributed by atoms with Gasteiger partial charge in [0.15, 0.2) is 11.9 Å². The van der Waals surface area contributed by atoms with Gasteiger partial charge in [-0.2, -0.15) is 10.4 Å². The predicted octanol–water partition coefficient (Wildman–Crippen LogP) is 6.64. The first-order chi connectivity index (χ1) is 23.6. The predicted molar refractivity (Wildman–Crippen MR) is 177 cm³/mol. The summed E-state index contributed by atoms with van der Waals surface area (Å²) >= 11 is 1.35. The first-order valence-electron chi connectivity index (χ1n) is 15.1. The number of hydrogen-bond donors (Lipinski definition) is 0. The van der Waals surface area contributed by atoms with Gasteiger partial charge in [-0.25, -0.2) is 27.6 Å². The Bertz CT molecular complexity index is 1870. The molecule has 1 aromatic heterocycles. The van der Waals surface area contributed by atoms with E-state index < -0.39 is 40.6 Å². The Kier molecular flexibility index (Phi) is 11.6. The molecule has 3 aromatic carbocycles. The molecule has 0 spiro atoms. The second-order valence-electron chi connectivity index (χ2n) is 11.0. The molecule has 49 heavy (non-hydrogen) atoms. The van der Waals surface area contributed by atoms with Gasteiger partial charge in [-0.1, -0.05) is 30.4 Å². The summed E-state index contributed by atoms with van der Waals surface area (Å²) in [4.78, 5) is 17.9. The molecule has 1 aliphatic heterocycles. The van der Waals surface area contributed by atoms with Gasteiger partial charge in [-0.3, -0.25) is 0 Å². The Morgan fingerprint density at radius 2 is 1.96 bits per heavy atom. The van der Waals surface area contributed by atoms with Crippen molar-refractivity contribution in [2.45, 2.75) is 35.9 Å². The first kappa shape index (κ1) is 35.4. The smallest absolute Gasteiger partial charge is 0.339 e. The number of thioether (sulfide) groups is 1. The van der Waals surface area contributed by atoms with E-state index in [-0.39, 0.29) is 47.3 Å². The highest BCUT2D eigenvalue weighted by molar-refractivity contribution is 8.00. The summed E-state index contributed by atoms with van der Waals surface area (Å²) in [5.74, 6) is -2.64. The summed E-state index contributed by atoms with van der Waals surface area (Å²) in [6, 6.07) is 14.0. The number of carbonyl (C=O) groups is 1. The van der Waals surface area contributed by atoms with E-state index in [2.05, 4.69) is 17.0 Å². The summed E-state index contributed by atoms with van der Waals surface area (Å²) in [5.41, 5.74) is -0.839. The lowest BCUT2D eigenvalue weighted by molar-refractivity contribution is -0.146. The van der Waals surface area contributed by atoms with Crippen LogP contribution in [0.15, 0.2) is 85.5 Å². The van der Waals surface area contributed by atoms with E-state index in [0.717, 1.165) is 12.1 Å². The number of rotatable bonds is 12. The Morgan fingerprint density at radius 1 is 1.16 bits per heavy atom. The van der Waals surface area contributed by atoms with Gasteiger partial charge < -0.3 is 18.9 Å². The molecule has 1 fully saturated rings. The largest absolute Gasteiger partial charge is 0.496 e. The zero-order valence-electron chi connectivity index (χ0n) is 26.6. The molecule has 0 aliphatic carbocycles. The average molecular weight is 690 g/mol. The Hall–Kier alpha value is -4.90. The Labute approximate surface area is 286 Å². The number of benzene rings is 3. The van der Waals surface area contributed by atoms with E-state index in [1.165, 1.54) is 66.5 Å². The molecular weight excluding hydrogens is 657 g/mol. The lowest BCUT2D eigenvalue weighted by Crippen LogP contribution is -2.47. The first-order valence-corrected chi connectivity index (χ1v) is 16.0. The molecule has 0 N–H and O–H groups in total. The van der Waals surface area contributed by atoms with Crippen LogP contribution in [0.5, 0.6) is 5.75 Å². The van der Waals surface area contributed by atoms with Crippen LogP contribution >= 0.6 is 11.8 Å². The molecule has 1 radical (unpaired) electrons. The molecular formula is C36H32F3N4O5S. The maximum atomic E-state index is 15.7. The van der Waals surface area contributed by atoms with Crippen molar-refractivity contribution in [1.82, 2.24) is 14.8 Å². The van der Waals surface area contributed by atoms with Crippen molar-refractivity contribution in [3.63, 3.8) is 0 Å². The highest BCUT2D eigenvalue weighted by Crippen LogP contribution is 2.42. The fraction of sp³-hybridized carbons (Fsp3) is 0.250. The van der Waals surface area contributed by atoms with Crippen molar-refractivity contribution in [1.29, 1.82) is 5.26 Å². The van der Waals surface area contributed by atoms with Gasteiger partial charge in [0.2, 0.25) is 0 Å². The standard InChI is InChI=1S/C36H32F3N4O5S/c1-23-29(8-6-9-33(23)45-3)35(44)48-36(20-43-22-41-21-42-43,30-14-13-27(37)16-32(30)39)24(2)49-28-18-46-34(47-19-28)10-5-4-7-26-12-11-25(17-40)15-31(26)38/h4-16,21-22,24,28,34H,1,18-20H2,2-3H3/b7-4+,10-5+/t24-,28-,34-,36-/m1/s1. The van der Waals surface area contributed by atoms with Crippen molar-refractivity contribution < 1.29 is 36.9 Å². The lowest BCUT2D eigenvalue weighted by Gasteiger charge is -2.40. The average Bonchev–Trinajstić information content (AvgIpc) is 3.60. The fourth-order valence-corrected chi connectivity index (χ4v) is 6.65. The van der Waals surface area contributed by atoms with Crippen molar-refractivity contribution in [3.8, 4) is 11.8 Å². The van der Waals surface area contributed by atoms with Crippen LogP contribution in [0, 0.1) is 35.7 Å². The van der Waals surface area contributed by atoms with Crippen LogP contribution in [-0.2, 0) is 26.4 Å². The van der Waals surface area contributed by atoms with Crippen LogP contribution in [0.1, 0.15) is 39.5 Å². The number of halogens is 3. The number of nitrogens with zero attached hydrogens (tertiary/aromatic N) is 4. The number of methoxy groups -OCH3 is 1. The SMILES string of the molecule is [CH2]c1c(OC)cccc1C(=O)O[C@@](Cn1cncn1)(c1ccc(F)cc1F)[C@@H](C)S[C@H]1CO[C@H](/C=C/C=C/c2ccc(C#N)cc2F)OC1. The van der Waals surface area contributed by atoms with Crippen molar-refractivity contribution in [2.75, 3.05) is 20.3 Å². The zero-order valence-corrected chi connectivity index (χ0v) is 27.4. The number of carbonyl (C=O) groups excluding carboxylic acids is 1. The summed E-state index contributed by atoms with van der Waals surface area (Å²) in [7, 11) is 1.45. The molecule has 1 saturated heterocycles. The van der Waals surface area contributed by atoms with Crippen LogP contribution in [-0.4, -0.2) is 57.8 Å². The third kappa shape index (κ3) is 8.40. The second-order valence-corrected chi connectivity index (χ2v) is 12.7. The summed E-state index contributed by atoms with van der Waals surface area (Å²) in [6.07, 6.45) is 8.54. The van der Waals surface area contributed by atoms with E-state index in [0.29, 0.717) is 11.3 Å². The molecule has 2 atom stereocenters. The van der Waals surface area contributed by atoms with Crippen LogP contribution < -0.4 is 4.74 Å². The fourth-order valence-electron chi connectivity index (χ4n) is 5.29. The summed E-state index contributed by atoms with van der Waals surface area (Å²) in [6.45, 7) is 6.05. The van der Waals surface area contributed by atoms with E-state index in [9.17, 15) is 13.6 Å². The number of esters is 1. The van der Waals surface area contributed by atoms with Crippen molar-refractivity contribution in [3.05, 3.63) is 138 Å². The maximum absolute atomic E-state index is 15.7. The topological polar surface area (TPSA) is 108 Å². The van der Waals surface area contributed by atoms with Gasteiger partial charge in [0.25, 0.3) is 0 Å². The zero-order chi connectivity index (χ0) is 35.0. The summed E-state index contributed by atoms with van der Waals surface area (Å²) < 4.78 is 68.8. The molecule has 0 bridgehead atoms. The van der Waals surface area contributed by atoms with E-state index >= 15 is 4.39 Å². The van der Waals surface area contributed by atoms with Gasteiger partial charge in [0.05, 0.1) is 49.3 Å². The van der Waals surface area contributed by atoms with Crippen LogP contribution in [0.2, 0.25) is 0 Å². The number of ether oxygens (including phenoxy) is 4. The van der Waals surface area contributed by atoms with Crippen LogP contribution in [0.3, 0.4) is 0 Å². The Balaban J connectivity index is 1.36. The molecule has 253 valence electrons. The highest BCUT2D eigenvalue weighted by Gasteiger charge is 2.47. The van der Waals surface area contributed by atoms with Crippen molar-refractivity contribution >= 4 is 23.8 Å². The second kappa shape index (κ2) is 16.0. The number of aromatic nitrogens is 3. The monoisotopic (exact) mass is 689 g/mol. The third-order valence-corrected chi connectivity index (χ3v) is 9.27. The quantitative estimate of drug-likeness (QED) is 0.119. The molecule has 2 heterocycles. The molecule has 9 nitrogen and oxygen atoms in total. The molecule has 0 saturated carbocycles. The van der Waals surface area contributed by atoms with Gasteiger partial charge >= 0.3 is 5.97 Å². The van der Waals surface area contributed by atoms with Crippen LogP contribution in [0.25, 0.3) is 6.08 Å². The molecule has 0 amide bonds. The number of allylic oxidation sites excluding steroid dienone is 2. The van der Waals surface area contributed by atoms with E-state index in [1.807, 2.05) is 6.07 Å². The maximum Gasteiger partial charge on any atom is 0.339 e. The number of hydrogen-bond acceptors (Lipinski definition) is 9. The third-order valence-electron chi connectivity index (χ3n) is 7.83. The molecule has 4 aromatic rings. The lowest BCUT2D eigenvalue weighted by atomic mass is 9.89. The van der Waals surface area contributed by atoms with Crippen molar-refractivity contribution in [2.24, 2.45) is 0 Å². The van der Waals surface area contributed by atoms with Crippen LogP contribution in [0.4, 0.5) is 13.2 Å². The summed E-state index contributed by atoms with van der Waals surface area (Å²) in [5, 5.41) is 12.1. The minimum atomic E-state index is -1.73. The highest BCUT2D eigenvalue weighted by atomic mass is 32.2. The van der Waals surface area contributed by atoms with E-state index in [1.54, 1.807) is 43.4 Å². The Morgan fingerprint density at radius 3 is 2.63 bits per heavy atom. The molecule has 1 aliphatic rings. The normalized spacial score (nSPS) is 18.2. The number of nitriles is 1. The minimum absolute atomic E-state index is 0.0600. The van der Waals surface area contributed by atoms with Gasteiger partial charge in [0.1, 0.15) is 35.9 Å². The molecule has 5 rings (SSSR count). The molecule has 0 unspecified atom stereocenters. The van der Waals surface area contributed by atoms with E-state index in [4.69, 9.17) is 24.2 Å². The van der Waals surface area contributed by atoms with Gasteiger partial charge in [-0.05, 0) is 56.3 Å².